The van der Waals surface area contributed by atoms with E-state index in [0.29, 0.717) is 18.1 Å². The van der Waals surface area contributed by atoms with Gasteiger partial charge in [-0.1, -0.05) is 11.6 Å². The lowest BCUT2D eigenvalue weighted by Gasteiger charge is -2.38. The molecule has 0 spiro atoms. The molecule has 2 heterocycles. The number of piperidine rings is 1. The molecule has 2 amide bonds. The van der Waals surface area contributed by atoms with Gasteiger partial charge in [0.15, 0.2) is 0 Å². The number of rotatable bonds is 3. The molecule has 8 heteroatoms. The summed E-state index contributed by atoms with van der Waals surface area (Å²) < 4.78 is 0. The van der Waals surface area contributed by atoms with Crippen molar-refractivity contribution < 1.29 is 9.72 Å². The van der Waals surface area contributed by atoms with E-state index in [1.54, 1.807) is 6.07 Å². The van der Waals surface area contributed by atoms with Crippen LogP contribution in [0.25, 0.3) is 0 Å². The summed E-state index contributed by atoms with van der Waals surface area (Å²) in [7, 11) is 0. The Morgan fingerprint density at radius 3 is 2.82 bits per heavy atom. The zero-order valence-electron chi connectivity index (χ0n) is 12.0. The third kappa shape index (κ3) is 2.81. The van der Waals surface area contributed by atoms with Crippen LogP contribution >= 0.6 is 11.6 Å². The van der Waals surface area contributed by atoms with Crippen LogP contribution in [0, 0.1) is 10.1 Å². The first kappa shape index (κ1) is 14.9. The van der Waals surface area contributed by atoms with Crippen molar-refractivity contribution in [2.24, 2.45) is 0 Å². The van der Waals surface area contributed by atoms with Crippen molar-refractivity contribution in [3.8, 4) is 0 Å². The summed E-state index contributed by atoms with van der Waals surface area (Å²) in [4.78, 5) is 26.1. The Kier molecular flexibility index (Phi) is 4.06. The number of nitrogens with zero attached hydrogens (tertiary/aromatic N) is 3. The number of hydrogen-bond acceptors (Lipinski definition) is 4. The van der Waals surface area contributed by atoms with E-state index < -0.39 is 4.92 Å². The molecule has 0 saturated carbocycles. The lowest BCUT2D eigenvalue weighted by Crippen LogP contribution is -2.49. The predicted molar refractivity (Wildman–Crippen MR) is 83.4 cm³/mol. The van der Waals surface area contributed by atoms with Gasteiger partial charge >= 0.3 is 6.03 Å². The fourth-order valence-corrected chi connectivity index (χ4v) is 3.42. The quantitative estimate of drug-likeness (QED) is 0.683. The molecule has 1 N–H and O–H groups in total. The first-order valence-corrected chi connectivity index (χ1v) is 7.67. The van der Waals surface area contributed by atoms with Gasteiger partial charge in [-0.15, -0.1) is 0 Å². The molecular formula is C14H17ClN4O3. The number of non-ortho nitro benzene ring substituents is 1. The second kappa shape index (κ2) is 6.00. The molecular weight excluding hydrogens is 308 g/mol. The van der Waals surface area contributed by atoms with Gasteiger partial charge in [-0.2, -0.15) is 0 Å². The van der Waals surface area contributed by atoms with Gasteiger partial charge in [0.05, 0.1) is 21.7 Å². The van der Waals surface area contributed by atoms with Crippen molar-refractivity contribution in [3.05, 3.63) is 33.3 Å². The molecule has 2 aliphatic heterocycles. The first-order chi connectivity index (χ1) is 10.6. The standard InChI is InChI=1S/C14H17ClN4O3/c15-12-8-10(19(21)22)3-4-13(12)17-6-1-2-11(9-17)18-7-5-16-14(18)20/h3-4,8,11H,1-2,5-7,9H2,(H,16,20). The van der Waals surface area contributed by atoms with Gasteiger partial charge in [0.2, 0.25) is 0 Å². The summed E-state index contributed by atoms with van der Waals surface area (Å²) in [6.45, 7) is 2.95. The van der Waals surface area contributed by atoms with Crippen molar-refractivity contribution in [1.82, 2.24) is 10.2 Å². The number of halogens is 1. The van der Waals surface area contributed by atoms with Crippen LogP contribution < -0.4 is 10.2 Å². The molecule has 1 aromatic rings. The van der Waals surface area contributed by atoms with E-state index in [-0.39, 0.29) is 17.8 Å². The number of nitro groups is 1. The largest absolute Gasteiger partial charge is 0.368 e. The van der Waals surface area contributed by atoms with Gasteiger partial charge in [-0.05, 0) is 18.9 Å². The first-order valence-electron chi connectivity index (χ1n) is 7.29. The van der Waals surface area contributed by atoms with Crippen LogP contribution in [0.1, 0.15) is 12.8 Å². The van der Waals surface area contributed by atoms with Gasteiger partial charge in [-0.3, -0.25) is 10.1 Å². The third-order valence-corrected chi connectivity index (χ3v) is 4.51. The summed E-state index contributed by atoms with van der Waals surface area (Å²) in [5, 5.41) is 14.0. The summed E-state index contributed by atoms with van der Waals surface area (Å²) >= 11 is 6.20. The van der Waals surface area contributed by atoms with Crippen molar-refractivity contribution in [3.63, 3.8) is 0 Å². The van der Waals surface area contributed by atoms with Gasteiger partial charge in [0.1, 0.15) is 0 Å². The van der Waals surface area contributed by atoms with Crippen LogP contribution in [0.3, 0.4) is 0 Å². The number of hydrogen-bond donors (Lipinski definition) is 1. The number of urea groups is 1. The number of nitro benzene ring substituents is 1. The maximum Gasteiger partial charge on any atom is 0.317 e. The Morgan fingerprint density at radius 2 is 2.18 bits per heavy atom. The second-order valence-electron chi connectivity index (χ2n) is 5.56. The SMILES string of the molecule is O=C1NCCN1C1CCCN(c2ccc([N+](=O)[O-])cc2Cl)C1. The molecule has 3 rings (SSSR count). The Bertz CT molecular complexity index is 610. The topological polar surface area (TPSA) is 78.7 Å². The highest BCUT2D eigenvalue weighted by Crippen LogP contribution is 2.32. The van der Waals surface area contributed by atoms with Gasteiger partial charge in [0.25, 0.3) is 5.69 Å². The van der Waals surface area contributed by atoms with E-state index in [1.807, 2.05) is 4.90 Å². The monoisotopic (exact) mass is 324 g/mol. The highest BCUT2D eigenvalue weighted by atomic mass is 35.5. The number of amides is 2. The fraction of sp³-hybridized carbons (Fsp3) is 0.500. The van der Waals surface area contributed by atoms with E-state index in [2.05, 4.69) is 10.2 Å². The number of carbonyl (C=O) groups is 1. The zero-order chi connectivity index (χ0) is 15.7. The molecule has 0 bridgehead atoms. The highest BCUT2D eigenvalue weighted by molar-refractivity contribution is 6.33. The van der Waals surface area contributed by atoms with Crippen LogP contribution in [-0.4, -0.2) is 48.1 Å². The van der Waals surface area contributed by atoms with Gasteiger partial charge in [-0.25, -0.2) is 4.79 Å². The van der Waals surface area contributed by atoms with Crippen molar-refractivity contribution in [1.29, 1.82) is 0 Å². The van der Waals surface area contributed by atoms with E-state index in [1.165, 1.54) is 12.1 Å². The predicted octanol–water partition coefficient (Wildman–Crippen LogP) is 2.24. The minimum absolute atomic E-state index is 0.0124. The molecule has 0 radical (unpaired) electrons. The molecule has 1 aromatic carbocycles. The van der Waals surface area contributed by atoms with E-state index in [9.17, 15) is 14.9 Å². The Balaban J connectivity index is 1.77. The maximum atomic E-state index is 11.8. The molecule has 0 aliphatic carbocycles. The molecule has 2 saturated heterocycles. The van der Waals surface area contributed by atoms with Crippen LogP contribution in [0.4, 0.5) is 16.2 Å². The highest BCUT2D eigenvalue weighted by Gasteiger charge is 2.32. The van der Waals surface area contributed by atoms with E-state index in [4.69, 9.17) is 11.6 Å². The average Bonchev–Trinajstić information content (AvgIpc) is 2.93. The molecule has 2 aliphatic rings. The lowest BCUT2D eigenvalue weighted by atomic mass is 10.0. The third-order valence-electron chi connectivity index (χ3n) is 4.21. The Labute approximate surface area is 133 Å². The lowest BCUT2D eigenvalue weighted by molar-refractivity contribution is -0.384. The second-order valence-corrected chi connectivity index (χ2v) is 5.97. The summed E-state index contributed by atoms with van der Waals surface area (Å²) in [6, 6.07) is 4.67. The number of carbonyl (C=O) groups excluding carboxylic acids is 1. The van der Waals surface area contributed by atoms with Crippen LogP contribution in [0.2, 0.25) is 5.02 Å². The minimum atomic E-state index is -0.455. The number of anilines is 1. The van der Waals surface area contributed by atoms with Crippen molar-refractivity contribution >= 4 is 29.0 Å². The number of nitrogens with one attached hydrogen (secondary N) is 1. The minimum Gasteiger partial charge on any atom is -0.368 e. The molecule has 7 nitrogen and oxygen atoms in total. The summed E-state index contributed by atoms with van der Waals surface area (Å²) in [6.07, 6.45) is 1.93. The molecule has 1 unspecified atom stereocenters. The van der Waals surface area contributed by atoms with Crippen LogP contribution in [0.5, 0.6) is 0 Å². The molecule has 22 heavy (non-hydrogen) atoms. The maximum absolute atomic E-state index is 11.8. The van der Waals surface area contributed by atoms with Crippen molar-refractivity contribution in [2.75, 3.05) is 31.1 Å². The molecule has 1 atom stereocenters. The van der Waals surface area contributed by atoms with Crippen LogP contribution in [0.15, 0.2) is 18.2 Å². The normalized spacial score (nSPS) is 21.9. The Morgan fingerprint density at radius 1 is 1.36 bits per heavy atom. The average molecular weight is 325 g/mol. The van der Waals surface area contributed by atoms with E-state index in [0.717, 1.165) is 31.6 Å². The smallest absolute Gasteiger partial charge is 0.317 e. The Hall–Kier alpha value is -2.02. The molecule has 118 valence electrons. The number of benzene rings is 1. The summed E-state index contributed by atoms with van der Waals surface area (Å²) in [5.74, 6) is 0. The fourth-order valence-electron chi connectivity index (χ4n) is 3.13. The van der Waals surface area contributed by atoms with Crippen LogP contribution in [-0.2, 0) is 0 Å². The van der Waals surface area contributed by atoms with Crippen molar-refractivity contribution in [2.45, 2.75) is 18.9 Å². The zero-order valence-corrected chi connectivity index (χ0v) is 12.8. The summed E-state index contributed by atoms with van der Waals surface area (Å²) in [5.41, 5.74) is 0.776. The van der Waals surface area contributed by atoms with Gasteiger partial charge in [0, 0.05) is 38.3 Å². The van der Waals surface area contributed by atoms with Gasteiger partial charge < -0.3 is 15.1 Å². The molecule has 2 fully saturated rings. The van der Waals surface area contributed by atoms with E-state index >= 15 is 0 Å². The molecule has 0 aromatic heterocycles.